The highest BCUT2D eigenvalue weighted by molar-refractivity contribution is 6.33. The first-order valence-corrected chi connectivity index (χ1v) is 14.0. The number of amides is 2. The van der Waals surface area contributed by atoms with Crippen LogP contribution in [0.1, 0.15) is 53.9 Å². The maximum Gasteiger partial charge on any atom is 0.415 e. The molecule has 1 aliphatic heterocycles. The van der Waals surface area contributed by atoms with Gasteiger partial charge in [-0.3, -0.25) is 9.69 Å². The Morgan fingerprint density at radius 1 is 1.33 bits per heavy atom. The van der Waals surface area contributed by atoms with Crippen molar-refractivity contribution in [1.29, 1.82) is 10.5 Å². The number of fused-ring (bicyclic) bond motifs is 1. The van der Waals surface area contributed by atoms with Crippen molar-refractivity contribution < 1.29 is 23.5 Å². The molecule has 2 amide bonds. The normalized spacial score (nSPS) is 16.6. The number of anilines is 2. The fraction of sp³-hybridized carbons (Fsp3) is 0.484. The van der Waals surface area contributed by atoms with Crippen molar-refractivity contribution in [2.24, 2.45) is 5.41 Å². The van der Waals surface area contributed by atoms with E-state index in [1.807, 2.05) is 13.0 Å². The van der Waals surface area contributed by atoms with Crippen molar-refractivity contribution in [2.45, 2.75) is 65.6 Å². The lowest BCUT2D eigenvalue weighted by Crippen LogP contribution is -2.52. The summed E-state index contributed by atoms with van der Waals surface area (Å²) >= 11 is 6.40. The second-order valence-electron chi connectivity index (χ2n) is 11.1. The van der Waals surface area contributed by atoms with Gasteiger partial charge in [-0.2, -0.15) is 10.5 Å². The zero-order chi connectivity index (χ0) is 31.7. The summed E-state index contributed by atoms with van der Waals surface area (Å²) in [5, 5.41) is 22.2. The van der Waals surface area contributed by atoms with Gasteiger partial charge in [0, 0.05) is 19.7 Å². The summed E-state index contributed by atoms with van der Waals surface area (Å²) in [5.41, 5.74) is -0.147. The quantitative estimate of drug-likeness (QED) is 0.216. The lowest BCUT2D eigenvalue weighted by Gasteiger charge is -2.37. The molecule has 1 aromatic carbocycles. The minimum Gasteiger partial charge on any atom is -0.476 e. The molecule has 0 fully saturated rings. The molecule has 1 aromatic rings. The van der Waals surface area contributed by atoms with Gasteiger partial charge in [-0.1, -0.05) is 37.3 Å². The van der Waals surface area contributed by atoms with E-state index in [0.717, 1.165) is 0 Å². The van der Waals surface area contributed by atoms with Gasteiger partial charge in [-0.15, -0.1) is 0 Å². The Morgan fingerprint density at radius 3 is 2.57 bits per heavy atom. The van der Waals surface area contributed by atoms with Gasteiger partial charge in [-0.25, -0.2) is 9.18 Å². The molecule has 2 unspecified atom stereocenters. The number of ether oxygens (including phenoxy) is 2. The van der Waals surface area contributed by atoms with E-state index in [4.69, 9.17) is 26.3 Å². The van der Waals surface area contributed by atoms with Gasteiger partial charge in [0.25, 0.3) is 5.91 Å². The fourth-order valence-corrected chi connectivity index (χ4v) is 4.53. The molecule has 0 aromatic heterocycles. The topological polar surface area (TPSA) is 119 Å². The minimum absolute atomic E-state index is 0.0100. The van der Waals surface area contributed by atoms with Crippen molar-refractivity contribution >= 4 is 35.0 Å². The first-order valence-electron chi connectivity index (χ1n) is 13.6. The van der Waals surface area contributed by atoms with Gasteiger partial charge in [0.15, 0.2) is 6.10 Å². The molecule has 1 heterocycles. The van der Waals surface area contributed by atoms with Gasteiger partial charge in [0.1, 0.15) is 17.9 Å². The lowest BCUT2D eigenvalue weighted by molar-refractivity contribution is -0.137. The van der Waals surface area contributed by atoms with Crippen LogP contribution in [0.15, 0.2) is 48.3 Å². The number of hydrogen-bond donors (Lipinski definition) is 1. The molecule has 9 nitrogen and oxygen atoms in total. The molecule has 0 radical (unpaired) electrons. The highest BCUT2D eigenvalue weighted by Gasteiger charge is 2.38. The van der Waals surface area contributed by atoms with Crippen LogP contribution < -0.4 is 15.0 Å². The molecule has 2 atom stereocenters. The molecular weight excluding hydrogens is 561 g/mol. The summed E-state index contributed by atoms with van der Waals surface area (Å²) in [6.07, 6.45) is 3.99. The van der Waals surface area contributed by atoms with Crippen LogP contribution in [0.3, 0.4) is 0 Å². The Morgan fingerprint density at radius 2 is 2.02 bits per heavy atom. The predicted octanol–water partition coefficient (Wildman–Crippen LogP) is 6.92. The molecule has 226 valence electrons. The Labute approximate surface area is 252 Å². The standard InChI is InChI=1S/C31H39ClFN5O4/c1-8-22(11-10-21(3)33)18-31(9-2,20-35)12-15-37(7)28(39)27-19-38(29(40)42-30(4,5)6)25-16-23(32)24(36-14-13-34)17-26(25)41-27/h8,10-11,16-17,27,36H,1,9,12,14-15,18-19H2,2-7H3. The van der Waals surface area contributed by atoms with Gasteiger partial charge in [0.2, 0.25) is 0 Å². The predicted molar refractivity (Wildman–Crippen MR) is 162 cm³/mol. The number of nitriles is 2. The maximum atomic E-state index is 13.6. The molecule has 1 N–H and O–H groups in total. The number of carbonyl (C=O) groups excluding carboxylic acids is 2. The number of rotatable bonds is 11. The zero-order valence-electron chi connectivity index (χ0n) is 25.1. The van der Waals surface area contributed by atoms with Crippen molar-refractivity contribution in [1.82, 2.24) is 4.90 Å². The molecule has 42 heavy (non-hydrogen) atoms. The van der Waals surface area contributed by atoms with Crippen LogP contribution in [0.2, 0.25) is 5.02 Å². The molecule has 0 saturated heterocycles. The molecule has 0 saturated carbocycles. The highest BCUT2D eigenvalue weighted by atomic mass is 35.5. The number of likely N-dealkylation sites (N-methyl/N-ethyl adjacent to an activating group) is 1. The first-order chi connectivity index (χ1) is 19.7. The molecule has 0 bridgehead atoms. The molecule has 11 heteroatoms. The Kier molecular flexibility index (Phi) is 12.0. The number of halogens is 2. The zero-order valence-corrected chi connectivity index (χ0v) is 25.8. The monoisotopic (exact) mass is 599 g/mol. The Bertz CT molecular complexity index is 1320. The number of nitrogens with one attached hydrogen (secondary N) is 1. The smallest absolute Gasteiger partial charge is 0.415 e. The van der Waals surface area contributed by atoms with Gasteiger partial charge in [0.05, 0.1) is 46.3 Å². The summed E-state index contributed by atoms with van der Waals surface area (Å²) < 4.78 is 24.9. The van der Waals surface area contributed by atoms with Crippen molar-refractivity contribution in [3.63, 3.8) is 0 Å². The SMILES string of the molecule is C=CC(=CC=C(C)F)CC(C#N)(CC)CCN(C)C(=O)C1CN(C(=O)OC(C)(C)C)c2cc(Cl)c(NCC#N)cc2O1. The van der Waals surface area contributed by atoms with Crippen LogP contribution in [-0.2, 0) is 9.53 Å². The third-order valence-corrected chi connectivity index (χ3v) is 7.06. The average Bonchev–Trinajstić information content (AvgIpc) is 2.93. The summed E-state index contributed by atoms with van der Waals surface area (Å²) in [6.45, 7) is 12.3. The van der Waals surface area contributed by atoms with Gasteiger partial charge in [-0.05, 0) is 64.7 Å². The fourth-order valence-electron chi connectivity index (χ4n) is 4.31. The number of hydrogen-bond acceptors (Lipinski definition) is 7. The van der Waals surface area contributed by atoms with E-state index in [1.165, 1.54) is 28.9 Å². The summed E-state index contributed by atoms with van der Waals surface area (Å²) in [4.78, 5) is 29.6. The van der Waals surface area contributed by atoms with Crippen LogP contribution in [0.5, 0.6) is 5.75 Å². The summed E-state index contributed by atoms with van der Waals surface area (Å²) in [7, 11) is 1.61. The van der Waals surface area contributed by atoms with Crippen LogP contribution in [0, 0.1) is 28.1 Å². The third-order valence-electron chi connectivity index (χ3n) is 6.75. The van der Waals surface area contributed by atoms with E-state index >= 15 is 0 Å². The highest BCUT2D eigenvalue weighted by Crippen LogP contribution is 2.41. The number of allylic oxidation sites excluding steroid dienone is 5. The van der Waals surface area contributed by atoms with E-state index < -0.39 is 29.1 Å². The molecule has 0 spiro atoms. The number of benzene rings is 1. The van der Waals surface area contributed by atoms with E-state index in [9.17, 15) is 19.2 Å². The number of nitrogens with zero attached hydrogens (tertiary/aromatic N) is 4. The molecule has 0 aliphatic carbocycles. The van der Waals surface area contributed by atoms with Gasteiger partial charge < -0.3 is 19.7 Å². The second kappa shape index (κ2) is 14.7. The van der Waals surface area contributed by atoms with Crippen molar-refractivity contribution in [3.8, 4) is 17.9 Å². The molecule has 2 rings (SSSR count). The lowest BCUT2D eigenvalue weighted by atomic mass is 9.77. The summed E-state index contributed by atoms with van der Waals surface area (Å²) in [5.74, 6) is -0.529. The minimum atomic E-state index is -1.07. The second-order valence-corrected chi connectivity index (χ2v) is 11.5. The molecule has 1 aliphatic rings. The Hall–Kier alpha value is -4.02. The van der Waals surface area contributed by atoms with E-state index in [2.05, 4.69) is 18.0 Å². The van der Waals surface area contributed by atoms with E-state index in [1.54, 1.807) is 46.0 Å². The summed E-state index contributed by atoms with van der Waals surface area (Å²) in [6, 6.07) is 7.43. The third kappa shape index (κ3) is 9.25. The Balaban J connectivity index is 2.32. The van der Waals surface area contributed by atoms with Crippen LogP contribution >= 0.6 is 11.6 Å². The maximum absolute atomic E-state index is 13.6. The average molecular weight is 600 g/mol. The molecular formula is C31H39ClFN5O4. The van der Waals surface area contributed by atoms with Crippen LogP contribution in [-0.4, -0.2) is 55.3 Å². The van der Waals surface area contributed by atoms with E-state index in [0.29, 0.717) is 36.2 Å². The van der Waals surface area contributed by atoms with E-state index in [-0.39, 0.29) is 36.2 Å². The largest absolute Gasteiger partial charge is 0.476 e. The van der Waals surface area contributed by atoms with Crippen molar-refractivity contribution in [2.75, 3.05) is 36.9 Å². The number of carbonyl (C=O) groups is 2. The van der Waals surface area contributed by atoms with Crippen molar-refractivity contribution in [3.05, 3.63) is 53.4 Å². The van der Waals surface area contributed by atoms with Crippen LogP contribution in [0.25, 0.3) is 0 Å². The van der Waals surface area contributed by atoms with Gasteiger partial charge >= 0.3 is 6.09 Å². The van der Waals surface area contributed by atoms with Crippen LogP contribution in [0.4, 0.5) is 20.6 Å². The first kappa shape index (κ1) is 34.2.